The highest BCUT2D eigenvalue weighted by Gasteiger charge is 2.16. The van der Waals surface area contributed by atoms with Crippen LogP contribution in [0.5, 0.6) is 5.75 Å². The molecule has 3 rings (SSSR count). The molecule has 1 amide bonds. The summed E-state index contributed by atoms with van der Waals surface area (Å²) in [6.07, 6.45) is 4.33. The summed E-state index contributed by atoms with van der Waals surface area (Å²) in [5, 5.41) is 9.06. The number of aromatic nitrogens is 1. The SMILES string of the molecule is N#Cc1ccccc1CS(=O)(=O)NC(=O)C=Cc1ccc(OCc2ccccn2)cc1. The van der Waals surface area contributed by atoms with Crippen LogP contribution in [0.1, 0.15) is 22.4 Å². The van der Waals surface area contributed by atoms with Gasteiger partial charge in [0.15, 0.2) is 0 Å². The van der Waals surface area contributed by atoms with Crippen molar-refractivity contribution in [2.24, 2.45) is 0 Å². The first-order valence-electron chi connectivity index (χ1n) is 9.28. The third-order valence-electron chi connectivity index (χ3n) is 4.16. The van der Waals surface area contributed by atoms with Crippen molar-refractivity contribution < 1.29 is 17.9 Å². The van der Waals surface area contributed by atoms with Crippen LogP contribution < -0.4 is 9.46 Å². The van der Waals surface area contributed by atoms with Crippen LogP contribution in [0.2, 0.25) is 0 Å². The lowest BCUT2D eigenvalue weighted by molar-refractivity contribution is -0.114. The molecule has 0 fully saturated rings. The summed E-state index contributed by atoms with van der Waals surface area (Å²) in [5.74, 6) is -0.588. The molecule has 0 aliphatic heterocycles. The minimum Gasteiger partial charge on any atom is -0.487 e. The van der Waals surface area contributed by atoms with Gasteiger partial charge < -0.3 is 4.74 Å². The Morgan fingerprint density at radius 2 is 1.81 bits per heavy atom. The van der Waals surface area contributed by atoms with E-state index in [4.69, 9.17) is 10.00 Å². The molecule has 0 unspecified atom stereocenters. The van der Waals surface area contributed by atoms with Crippen molar-refractivity contribution in [3.05, 3.63) is 101 Å². The molecule has 7 nitrogen and oxygen atoms in total. The third kappa shape index (κ3) is 6.80. The summed E-state index contributed by atoms with van der Waals surface area (Å²) < 4.78 is 32.1. The van der Waals surface area contributed by atoms with E-state index in [2.05, 4.69) is 4.98 Å². The van der Waals surface area contributed by atoms with Gasteiger partial charge in [-0.3, -0.25) is 9.78 Å². The number of nitrogens with zero attached hydrogens (tertiary/aromatic N) is 2. The molecule has 156 valence electrons. The molecule has 0 atom stereocenters. The quantitative estimate of drug-likeness (QED) is 0.547. The molecule has 1 heterocycles. The Morgan fingerprint density at radius 1 is 1.06 bits per heavy atom. The van der Waals surface area contributed by atoms with Gasteiger partial charge in [-0.05, 0) is 47.5 Å². The van der Waals surface area contributed by atoms with Crippen LogP contribution in [0.15, 0.2) is 79.0 Å². The lowest BCUT2D eigenvalue weighted by Crippen LogP contribution is -2.30. The topological polar surface area (TPSA) is 109 Å². The van der Waals surface area contributed by atoms with Crippen LogP contribution in [0.3, 0.4) is 0 Å². The zero-order valence-electron chi connectivity index (χ0n) is 16.4. The maximum Gasteiger partial charge on any atom is 0.257 e. The third-order valence-corrected chi connectivity index (χ3v) is 5.36. The number of rotatable bonds is 8. The second-order valence-corrected chi connectivity index (χ2v) is 8.23. The number of sulfonamides is 1. The Labute approximate surface area is 180 Å². The molecule has 3 aromatic rings. The molecule has 1 N–H and O–H groups in total. The summed E-state index contributed by atoms with van der Waals surface area (Å²) >= 11 is 0. The number of carbonyl (C=O) groups excluding carboxylic acids is 1. The van der Waals surface area contributed by atoms with Crippen molar-refractivity contribution in [1.82, 2.24) is 9.71 Å². The number of amides is 1. The molecule has 8 heteroatoms. The van der Waals surface area contributed by atoms with Gasteiger partial charge in [0.1, 0.15) is 12.4 Å². The molecule has 0 aliphatic rings. The molecule has 0 spiro atoms. The van der Waals surface area contributed by atoms with Crippen LogP contribution in [0.25, 0.3) is 6.08 Å². The Morgan fingerprint density at radius 3 is 2.52 bits per heavy atom. The van der Waals surface area contributed by atoms with E-state index >= 15 is 0 Å². The van der Waals surface area contributed by atoms with Crippen molar-refractivity contribution in [3.63, 3.8) is 0 Å². The van der Waals surface area contributed by atoms with Gasteiger partial charge in [0.25, 0.3) is 5.91 Å². The average Bonchev–Trinajstić information content (AvgIpc) is 2.77. The number of ether oxygens (including phenoxy) is 1. The Hall–Kier alpha value is -3.96. The fraction of sp³-hybridized carbons (Fsp3) is 0.0870. The molecule has 0 bridgehead atoms. The van der Waals surface area contributed by atoms with Crippen LogP contribution >= 0.6 is 0 Å². The molecular formula is C23H19N3O4S. The van der Waals surface area contributed by atoms with Gasteiger partial charge in [-0.15, -0.1) is 0 Å². The molecule has 1 aromatic heterocycles. The Bertz CT molecular complexity index is 1220. The van der Waals surface area contributed by atoms with Gasteiger partial charge in [0.2, 0.25) is 10.0 Å². The van der Waals surface area contributed by atoms with Crippen molar-refractivity contribution in [1.29, 1.82) is 5.26 Å². The number of nitriles is 1. The molecule has 2 aromatic carbocycles. The number of hydrogen-bond acceptors (Lipinski definition) is 6. The number of benzene rings is 2. The monoisotopic (exact) mass is 433 g/mol. The zero-order chi connectivity index (χ0) is 22.1. The van der Waals surface area contributed by atoms with Gasteiger partial charge in [-0.25, -0.2) is 13.1 Å². The summed E-state index contributed by atoms with van der Waals surface area (Å²) in [4.78, 5) is 16.2. The van der Waals surface area contributed by atoms with Crippen LogP contribution in [-0.4, -0.2) is 19.3 Å². The van der Waals surface area contributed by atoms with E-state index in [1.807, 2.05) is 29.0 Å². The van der Waals surface area contributed by atoms with Crippen molar-refractivity contribution in [2.75, 3.05) is 0 Å². The second-order valence-electron chi connectivity index (χ2n) is 6.51. The number of nitrogens with one attached hydrogen (secondary N) is 1. The summed E-state index contributed by atoms with van der Waals surface area (Å²) in [7, 11) is -3.94. The first-order valence-corrected chi connectivity index (χ1v) is 10.9. The van der Waals surface area contributed by atoms with Gasteiger partial charge >= 0.3 is 0 Å². The number of pyridine rings is 1. The van der Waals surface area contributed by atoms with E-state index in [1.54, 1.807) is 42.6 Å². The summed E-state index contributed by atoms with van der Waals surface area (Å²) in [5.41, 5.74) is 2.09. The molecule has 31 heavy (non-hydrogen) atoms. The van der Waals surface area contributed by atoms with Gasteiger partial charge in [0, 0.05) is 12.3 Å². The molecule has 0 saturated heterocycles. The van der Waals surface area contributed by atoms with Crippen molar-refractivity contribution in [2.45, 2.75) is 12.4 Å². The lowest BCUT2D eigenvalue weighted by atomic mass is 10.1. The predicted octanol–water partition coefficient (Wildman–Crippen LogP) is 3.19. The average molecular weight is 433 g/mol. The normalized spacial score (nSPS) is 11.1. The summed E-state index contributed by atoms with van der Waals surface area (Å²) in [6, 6.07) is 20.8. The van der Waals surface area contributed by atoms with E-state index in [0.717, 1.165) is 11.8 Å². The van der Waals surface area contributed by atoms with Crippen LogP contribution in [0, 0.1) is 11.3 Å². The fourth-order valence-electron chi connectivity index (χ4n) is 2.67. The van der Waals surface area contributed by atoms with Crippen LogP contribution in [-0.2, 0) is 27.2 Å². The Balaban J connectivity index is 1.55. The molecular weight excluding hydrogens is 414 g/mol. The molecule has 0 radical (unpaired) electrons. The van der Waals surface area contributed by atoms with E-state index < -0.39 is 21.7 Å². The zero-order valence-corrected chi connectivity index (χ0v) is 17.2. The van der Waals surface area contributed by atoms with E-state index in [9.17, 15) is 13.2 Å². The smallest absolute Gasteiger partial charge is 0.257 e. The summed E-state index contributed by atoms with van der Waals surface area (Å²) in [6.45, 7) is 0.339. The maximum atomic E-state index is 12.2. The Kier molecular flexibility index (Phi) is 7.14. The van der Waals surface area contributed by atoms with Gasteiger partial charge in [-0.1, -0.05) is 36.4 Å². The highest BCUT2D eigenvalue weighted by Crippen LogP contribution is 2.15. The standard InChI is InChI=1S/C23H19N3O4S/c24-15-19-5-1-2-6-20(19)17-31(28,29)26-23(27)13-10-18-8-11-22(12-9-18)30-16-21-7-3-4-14-25-21/h1-14H,16-17H2,(H,26,27). The van der Waals surface area contributed by atoms with Crippen LogP contribution in [0.4, 0.5) is 0 Å². The molecule has 0 saturated carbocycles. The predicted molar refractivity (Wildman–Crippen MR) is 116 cm³/mol. The minimum absolute atomic E-state index is 0.251. The highest BCUT2D eigenvalue weighted by molar-refractivity contribution is 7.89. The van der Waals surface area contributed by atoms with Crippen molar-refractivity contribution in [3.8, 4) is 11.8 Å². The fourth-order valence-corrected chi connectivity index (χ4v) is 3.78. The maximum absolute atomic E-state index is 12.2. The van der Waals surface area contributed by atoms with E-state index in [-0.39, 0.29) is 5.56 Å². The number of hydrogen-bond donors (Lipinski definition) is 1. The largest absolute Gasteiger partial charge is 0.487 e. The molecule has 0 aliphatic carbocycles. The minimum atomic E-state index is -3.94. The first kappa shape index (κ1) is 21.7. The van der Waals surface area contributed by atoms with Crippen molar-refractivity contribution >= 4 is 22.0 Å². The van der Waals surface area contributed by atoms with E-state index in [1.165, 1.54) is 18.2 Å². The van der Waals surface area contributed by atoms with Gasteiger partial charge in [0.05, 0.1) is 23.1 Å². The second kappa shape index (κ2) is 10.2. The first-order chi connectivity index (χ1) is 14.9. The van der Waals surface area contributed by atoms with E-state index in [0.29, 0.717) is 23.5 Å². The van der Waals surface area contributed by atoms with Gasteiger partial charge in [-0.2, -0.15) is 5.26 Å². The highest BCUT2D eigenvalue weighted by atomic mass is 32.2. The lowest BCUT2D eigenvalue weighted by Gasteiger charge is -2.07. The number of carbonyl (C=O) groups is 1.